The SMILES string of the molecule is N[C@@H](CSCCCCO)C(=O)O. The van der Waals surface area contributed by atoms with Crippen LogP contribution in [0.4, 0.5) is 0 Å². The van der Waals surface area contributed by atoms with Gasteiger partial charge >= 0.3 is 5.97 Å². The first kappa shape index (κ1) is 11.7. The number of aliphatic hydroxyl groups excluding tert-OH is 1. The lowest BCUT2D eigenvalue weighted by Crippen LogP contribution is -2.32. The van der Waals surface area contributed by atoms with Crippen LogP contribution in [0.15, 0.2) is 0 Å². The molecule has 0 radical (unpaired) electrons. The Kier molecular flexibility index (Phi) is 7.23. The van der Waals surface area contributed by atoms with Crippen molar-refractivity contribution >= 4 is 17.7 Å². The van der Waals surface area contributed by atoms with Gasteiger partial charge in [0.2, 0.25) is 0 Å². The third-order valence-corrected chi connectivity index (χ3v) is 2.48. The second-order valence-corrected chi connectivity index (χ2v) is 3.60. The summed E-state index contributed by atoms with van der Waals surface area (Å²) in [6, 6.07) is -0.760. The first-order valence-corrected chi connectivity index (χ1v) is 5.01. The summed E-state index contributed by atoms with van der Waals surface area (Å²) in [6.45, 7) is 0.200. The number of rotatable bonds is 7. The summed E-state index contributed by atoms with van der Waals surface area (Å²) in [4.78, 5) is 10.2. The highest BCUT2D eigenvalue weighted by Crippen LogP contribution is 2.05. The van der Waals surface area contributed by atoms with Crippen LogP contribution >= 0.6 is 11.8 Å². The lowest BCUT2D eigenvalue weighted by atomic mass is 10.4. The highest BCUT2D eigenvalue weighted by molar-refractivity contribution is 7.99. The number of unbranched alkanes of at least 4 members (excludes halogenated alkanes) is 1. The van der Waals surface area contributed by atoms with E-state index in [2.05, 4.69) is 0 Å². The maximum atomic E-state index is 10.2. The first-order valence-electron chi connectivity index (χ1n) is 3.85. The zero-order chi connectivity index (χ0) is 9.40. The standard InChI is InChI=1S/C7H15NO3S/c8-6(7(10)11)5-12-4-2-1-3-9/h6,9H,1-5,8H2,(H,10,11)/t6-/m0/s1. The van der Waals surface area contributed by atoms with E-state index in [1.54, 1.807) is 0 Å². The van der Waals surface area contributed by atoms with Crippen molar-refractivity contribution in [3.8, 4) is 0 Å². The quantitative estimate of drug-likeness (QED) is 0.492. The van der Waals surface area contributed by atoms with Crippen LogP contribution in [-0.2, 0) is 4.79 Å². The van der Waals surface area contributed by atoms with Crippen molar-refractivity contribution in [2.75, 3.05) is 18.1 Å². The Labute approximate surface area is 76.1 Å². The Morgan fingerprint density at radius 2 is 2.17 bits per heavy atom. The molecule has 0 aliphatic heterocycles. The summed E-state index contributed by atoms with van der Waals surface area (Å²) in [5.41, 5.74) is 5.26. The minimum atomic E-state index is -0.954. The monoisotopic (exact) mass is 193 g/mol. The molecule has 0 amide bonds. The van der Waals surface area contributed by atoms with Gasteiger partial charge in [-0.3, -0.25) is 4.79 Å². The number of carboxylic acid groups (broad SMARTS) is 1. The van der Waals surface area contributed by atoms with Gasteiger partial charge < -0.3 is 15.9 Å². The smallest absolute Gasteiger partial charge is 0.321 e. The van der Waals surface area contributed by atoms with Gasteiger partial charge in [-0.15, -0.1) is 0 Å². The Morgan fingerprint density at radius 3 is 2.67 bits per heavy atom. The fourth-order valence-corrected chi connectivity index (χ4v) is 1.57. The second kappa shape index (κ2) is 7.39. The molecule has 72 valence electrons. The molecule has 0 heterocycles. The maximum absolute atomic E-state index is 10.2. The van der Waals surface area contributed by atoms with Gasteiger partial charge in [0, 0.05) is 12.4 Å². The molecule has 0 rings (SSSR count). The Bertz CT molecular complexity index is 132. The van der Waals surface area contributed by atoms with Gasteiger partial charge in [0.25, 0.3) is 0 Å². The number of hydrogen-bond acceptors (Lipinski definition) is 4. The zero-order valence-corrected chi connectivity index (χ0v) is 7.72. The van der Waals surface area contributed by atoms with E-state index in [9.17, 15) is 4.79 Å². The van der Waals surface area contributed by atoms with Crippen LogP contribution in [0.2, 0.25) is 0 Å². The fourth-order valence-electron chi connectivity index (χ4n) is 0.598. The van der Waals surface area contributed by atoms with Gasteiger partial charge in [0.05, 0.1) is 0 Å². The number of carbonyl (C=O) groups is 1. The Morgan fingerprint density at radius 1 is 1.50 bits per heavy atom. The van der Waals surface area contributed by atoms with Crippen molar-refractivity contribution in [3.05, 3.63) is 0 Å². The molecule has 0 fully saturated rings. The van der Waals surface area contributed by atoms with E-state index in [1.165, 1.54) is 11.8 Å². The van der Waals surface area contributed by atoms with Gasteiger partial charge in [0.1, 0.15) is 6.04 Å². The molecule has 4 nitrogen and oxygen atoms in total. The number of nitrogens with two attached hydrogens (primary N) is 1. The molecule has 0 bridgehead atoms. The molecule has 0 unspecified atom stereocenters. The molecule has 0 aromatic carbocycles. The summed E-state index contributed by atoms with van der Waals surface area (Å²) in [7, 11) is 0. The first-order chi connectivity index (χ1) is 5.68. The number of aliphatic hydroxyl groups is 1. The highest BCUT2D eigenvalue weighted by Gasteiger charge is 2.09. The summed E-state index contributed by atoms with van der Waals surface area (Å²) >= 11 is 1.51. The van der Waals surface area contributed by atoms with E-state index < -0.39 is 12.0 Å². The zero-order valence-electron chi connectivity index (χ0n) is 6.90. The summed E-state index contributed by atoms with van der Waals surface area (Å²) in [5.74, 6) is 0.354. The summed E-state index contributed by atoms with van der Waals surface area (Å²) in [5, 5.41) is 16.8. The van der Waals surface area contributed by atoms with Crippen LogP contribution < -0.4 is 5.73 Å². The van der Waals surface area contributed by atoms with Crippen LogP contribution in [0.25, 0.3) is 0 Å². The van der Waals surface area contributed by atoms with Crippen molar-refractivity contribution in [1.82, 2.24) is 0 Å². The summed E-state index contributed by atoms with van der Waals surface area (Å²) in [6.07, 6.45) is 1.68. The molecule has 12 heavy (non-hydrogen) atoms. The van der Waals surface area contributed by atoms with E-state index in [4.69, 9.17) is 15.9 Å². The van der Waals surface area contributed by atoms with Crippen LogP contribution in [0.3, 0.4) is 0 Å². The lowest BCUT2D eigenvalue weighted by molar-refractivity contribution is -0.137. The molecule has 1 atom stereocenters. The van der Waals surface area contributed by atoms with E-state index >= 15 is 0 Å². The predicted molar refractivity (Wildman–Crippen MR) is 49.3 cm³/mol. The molecule has 0 saturated carbocycles. The average molecular weight is 193 g/mol. The Balaban J connectivity index is 3.14. The van der Waals surface area contributed by atoms with Crippen molar-refractivity contribution in [2.45, 2.75) is 18.9 Å². The van der Waals surface area contributed by atoms with Crippen LogP contribution in [0.1, 0.15) is 12.8 Å². The van der Waals surface area contributed by atoms with Gasteiger partial charge in [-0.2, -0.15) is 11.8 Å². The topological polar surface area (TPSA) is 83.5 Å². The Hall–Kier alpha value is -0.260. The third kappa shape index (κ3) is 6.45. The molecule has 0 spiro atoms. The molecule has 5 heteroatoms. The van der Waals surface area contributed by atoms with E-state index in [0.29, 0.717) is 5.75 Å². The second-order valence-electron chi connectivity index (χ2n) is 2.45. The molecule has 0 aliphatic carbocycles. The molecule has 0 saturated heterocycles. The number of carboxylic acids is 1. The van der Waals surface area contributed by atoms with Crippen molar-refractivity contribution in [2.24, 2.45) is 5.73 Å². The van der Waals surface area contributed by atoms with Crippen LogP contribution in [-0.4, -0.2) is 40.3 Å². The number of aliphatic carboxylic acids is 1. The van der Waals surface area contributed by atoms with E-state index in [0.717, 1.165) is 18.6 Å². The fraction of sp³-hybridized carbons (Fsp3) is 0.857. The van der Waals surface area contributed by atoms with Gasteiger partial charge in [-0.25, -0.2) is 0 Å². The van der Waals surface area contributed by atoms with Crippen molar-refractivity contribution < 1.29 is 15.0 Å². The minimum absolute atomic E-state index is 0.200. The highest BCUT2D eigenvalue weighted by atomic mass is 32.2. The largest absolute Gasteiger partial charge is 0.480 e. The maximum Gasteiger partial charge on any atom is 0.321 e. The molecule has 0 aromatic rings. The summed E-state index contributed by atoms with van der Waals surface area (Å²) < 4.78 is 0. The third-order valence-electron chi connectivity index (χ3n) is 1.31. The average Bonchev–Trinajstić information content (AvgIpc) is 2.03. The van der Waals surface area contributed by atoms with Crippen LogP contribution in [0, 0.1) is 0 Å². The molecule has 0 aliphatic rings. The molecular weight excluding hydrogens is 178 g/mol. The number of hydrogen-bond donors (Lipinski definition) is 3. The molecule has 0 aromatic heterocycles. The number of thioether (sulfide) groups is 1. The van der Waals surface area contributed by atoms with Gasteiger partial charge in [-0.1, -0.05) is 0 Å². The van der Waals surface area contributed by atoms with Gasteiger partial charge in [0.15, 0.2) is 0 Å². The van der Waals surface area contributed by atoms with Gasteiger partial charge in [-0.05, 0) is 18.6 Å². The normalized spacial score (nSPS) is 12.8. The van der Waals surface area contributed by atoms with Crippen molar-refractivity contribution in [3.63, 3.8) is 0 Å². The predicted octanol–water partition coefficient (Wildman–Crippen LogP) is -0.0960. The molecule has 4 N–H and O–H groups in total. The lowest BCUT2D eigenvalue weighted by Gasteiger charge is -2.04. The van der Waals surface area contributed by atoms with Crippen molar-refractivity contribution in [1.29, 1.82) is 0 Å². The molecular formula is C7H15NO3S. The minimum Gasteiger partial charge on any atom is -0.480 e. The van der Waals surface area contributed by atoms with E-state index in [1.807, 2.05) is 0 Å². The van der Waals surface area contributed by atoms with Crippen LogP contribution in [0.5, 0.6) is 0 Å². The van der Waals surface area contributed by atoms with E-state index in [-0.39, 0.29) is 6.61 Å².